The van der Waals surface area contributed by atoms with Crippen LogP contribution in [0.2, 0.25) is 5.02 Å². The Hall–Kier alpha value is -1.13. The van der Waals surface area contributed by atoms with Crippen LogP contribution in [0.25, 0.3) is 0 Å². The van der Waals surface area contributed by atoms with E-state index in [1.54, 1.807) is 20.8 Å². The molecule has 1 aromatic carbocycles. The van der Waals surface area contributed by atoms with Crippen molar-refractivity contribution >= 4 is 17.6 Å². The lowest BCUT2D eigenvalue weighted by atomic mass is 9.72. The van der Waals surface area contributed by atoms with Crippen LogP contribution in [0.3, 0.4) is 0 Å². The SMILES string of the molecule is CCOC(=O)C(C)(C)C(C)(O)c1ccc(F)cc1Cl. The van der Waals surface area contributed by atoms with E-state index in [0.29, 0.717) is 0 Å². The summed E-state index contributed by atoms with van der Waals surface area (Å²) in [4.78, 5) is 12.0. The molecule has 0 fully saturated rings. The number of esters is 1. The number of rotatable bonds is 4. The zero-order valence-corrected chi connectivity index (χ0v) is 12.2. The van der Waals surface area contributed by atoms with Gasteiger partial charge in [0.2, 0.25) is 0 Å². The molecule has 0 aliphatic rings. The van der Waals surface area contributed by atoms with Crippen molar-refractivity contribution in [1.82, 2.24) is 0 Å². The van der Waals surface area contributed by atoms with Gasteiger partial charge in [-0.3, -0.25) is 4.79 Å². The highest BCUT2D eigenvalue weighted by molar-refractivity contribution is 6.31. The van der Waals surface area contributed by atoms with Gasteiger partial charge in [0.05, 0.1) is 12.0 Å². The molecule has 1 N–H and O–H groups in total. The summed E-state index contributed by atoms with van der Waals surface area (Å²) in [5, 5.41) is 10.7. The van der Waals surface area contributed by atoms with Gasteiger partial charge in [-0.05, 0) is 39.8 Å². The average Bonchev–Trinajstić information content (AvgIpc) is 2.28. The zero-order valence-electron chi connectivity index (χ0n) is 11.5. The summed E-state index contributed by atoms with van der Waals surface area (Å²) < 4.78 is 18.0. The third-order valence-corrected chi connectivity index (χ3v) is 3.77. The molecule has 0 aromatic heterocycles. The highest BCUT2D eigenvalue weighted by Crippen LogP contribution is 2.43. The lowest BCUT2D eigenvalue weighted by Gasteiger charge is -2.38. The molecule has 5 heteroatoms. The summed E-state index contributed by atoms with van der Waals surface area (Å²) in [5.41, 5.74) is -2.51. The molecule has 1 rings (SSSR count). The lowest BCUT2D eigenvalue weighted by molar-refractivity contribution is -0.170. The molecule has 0 bridgehead atoms. The Labute approximate surface area is 117 Å². The van der Waals surface area contributed by atoms with Crippen LogP contribution in [-0.2, 0) is 15.1 Å². The molecule has 3 nitrogen and oxygen atoms in total. The van der Waals surface area contributed by atoms with E-state index in [1.165, 1.54) is 19.1 Å². The third kappa shape index (κ3) is 2.90. The number of aliphatic hydroxyl groups is 1. The number of halogens is 2. The van der Waals surface area contributed by atoms with E-state index in [1.807, 2.05) is 0 Å². The first-order valence-corrected chi connectivity index (χ1v) is 6.37. The smallest absolute Gasteiger partial charge is 0.314 e. The van der Waals surface area contributed by atoms with E-state index in [9.17, 15) is 14.3 Å². The number of benzene rings is 1. The minimum absolute atomic E-state index is 0.0716. The maximum Gasteiger partial charge on any atom is 0.314 e. The van der Waals surface area contributed by atoms with Gasteiger partial charge in [-0.1, -0.05) is 17.7 Å². The van der Waals surface area contributed by atoms with E-state index in [4.69, 9.17) is 16.3 Å². The molecule has 106 valence electrons. The molecule has 1 atom stereocenters. The molecule has 0 spiro atoms. The quantitative estimate of drug-likeness (QED) is 0.865. The molecule has 0 saturated carbocycles. The first-order valence-electron chi connectivity index (χ1n) is 5.99. The summed E-state index contributed by atoms with van der Waals surface area (Å²) in [6, 6.07) is 3.67. The molecule has 0 saturated heterocycles. The number of hydrogen-bond acceptors (Lipinski definition) is 3. The predicted octanol–water partition coefficient (Wildman–Crippen LogP) is 3.28. The molecular formula is C14H18ClFO3. The van der Waals surface area contributed by atoms with Crippen molar-refractivity contribution in [2.75, 3.05) is 6.61 Å². The molecule has 0 heterocycles. The molecule has 19 heavy (non-hydrogen) atoms. The fraction of sp³-hybridized carbons (Fsp3) is 0.500. The van der Waals surface area contributed by atoms with Gasteiger partial charge in [0.1, 0.15) is 11.4 Å². The van der Waals surface area contributed by atoms with Crippen molar-refractivity contribution in [3.05, 3.63) is 34.6 Å². The first-order chi connectivity index (χ1) is 8.64. The van der Waals surface area contributed by atoms with E-state index in [-0.39, 0.29) is 17.2 Å². The minimum Gasteiger partial charge on any atom is -0.465 e. The van der Waals surface area contributed by atoms with Crippen molar-refractivity contribution in [3.63, 3.8) is 0 Å². The van der Waals surface area contributed by atoms with Crippen LogP contribution in [0.4, 0.5) is 4.39 Å². The number of carbonyl (C=O) groups excluding carboxylic acids is 1. The van der Waals surface area contributed by atoms with Gasteiger partial charge < -0.3 is 9.84 Å². The van der Waals surface area contributed by atoms with Crippen molar-refractivity contribution < 1.29 is 19.0 Å². The molecule has 0 radical (unpaired) electrons. The normalized spacial score (nSPS) is 14.9. The molecule has 1 aromatic rings. The van der Waals surface area contributed by atoms with Gasteiger partial charge in [-0.2, -0.15) is 0 Å². The minimum atomic E-state index is -1.58. The van der Waals surface area contributed by atoms with Crippen molar-refractivity contribution in [3.8, 4) is 0 Å². The summed E-state index contributed by atoms with van der Waals surface area (Å²) in [7, 11) is 0. The standard InChI is InChI=1S/C14H18ClFO3/c1-5-19-12(17)13(2,3)14(4,18)10-7-6-9(16)8-11(10)15/h6-8,18H,5H2,1-4H3. The third-order valence-electron chi connectivity index (χ3n) is 3.46. The number of hydrogen-bond donors (Lipinski definition) is 1. The monoisotopic (exact) mass is 288 g/mol. The molecular weight excluding hydrogens is 271 g/mol. The lowest BCUT2D eigenvalue weighted by Crippen LogP contribution is -2.46. The van der Waals surface area contributed by atoms with Crippen LogP contribution in [0.5, 0.6) is 0 Å². The van der Waals surface area contributed by atoms with Gasteiger partial charge in [-0.15, -0.1) is 0 Å². The first kappa shape index (κ1) is 15.9. The van der Waals surface area contributed by atoms with E-state index < -0.39 is 22.8 Å². The topological polar surface area (TPSA) is 46.5 Å². The van der Waals surface area contributed by atoms with E-state index in [2.05, 4.69) is 0 Å². The second-order valence-corrected chi connectivity index (χ2v) is 5.45. The Bertz CT molecular complexity index is 484. The summed E-state index contributed by atoms with van der Waals surface area (Å²) >= 11 is 5.95. The van der Waals surface area contributed by atoms with Gasteiger partial charge in [0.25, 0.3) is 0 Å². The second kappa shape index (κ2) is 5.47. The summed E-state index contributed by atoms with van der Waals surface area (Å²) in [6.45, 7) is 6.49. The van der Waals surface area contributed by atoms with Gasteiger partial charge >= 0.3 is 5.97 Å². The second-order valence-electron chi connectivity index (χ2n) is 5.04. The Morgan fingerprint density at radius 1 is 1.42 bits per heavy atom. The van der Waals surface area contributed by atoms with E-state index >= 15 is 0 Å². The maximum absolute atomic E-state index is 13.1. The fourth-order valence-corrected chi connectivity index (χ4v) is 2.08. The Morgan fingerprint density at radius 3 is 2.47 bits per heavy atom. The number of carbonyl (C=O) groups is 1. The van der Waals surface area contributed by atoms with Crippen LogP contribution >= 0.6 is 11.6 Å². The Kier molecular flexibility index (Phi) is 4.59. The van der Waals surface area contributed by atoms with Gasteiger partial charge in [-0.25, -0.2) is 4.39 Å². The average molecular weight is 289 g/mol. The van der Waals surface area contributed by atoms with Crippen LogP contribution in [0, 0.1) is 11.2 Å². The van der Waals surface area contributed by atoms with Crippen LogP contribution < -0.4 is 0 Å². The molecule has 0 amide bonds. The van der Waals surface area contributed by atoms with Crippen LogP contribution in [0.1, 0.15) is 33.3 Å². The largest absolute Gasteiger partial charge is 0.465 e. The van der Waals surface area contributed by atoms with Crippen LogP contribution in [0.15, 0.2) is 18.2 Å². The van der Waals surface area contributed by atoms with E-state index in [0.717, 1.165) is 6.07 Å². The Morgan fingerprint density at radius 2 is 2.00 bits per heavy atom. The summed E-state index contributed by atoms with van der Waals surface area (Å²) in [6.07, 6.45) is 0. The van der Waals surface area contributed by atoms with Crippen molar-refractivity contribution in [1.29, 1.82) is 0 Å². The fourth-order valence-electron chi connectivity index (χ4n) is 1.73. The summed E-state index contributed by atoms with van der Waals surface area (Å²) in [5.74, 6) is -1.04. The zero-order chi connectivity index (χ0) is 14.8. The molecule has 0 aliphatic heterocycles. The van der Waals surface area contributed by atoms with Gasteiger partial charge in [0, 0.05) is 10.6 Å². The highest BCUT2D eigenvalue weighted by Gasteiger charge is 2.48. The van der Waals surface area contributed by atoms with Crippen LogP contribution in [-0.4, -0.2) is 17.7 Å². The molecule has 1 unspecified atom stereocenters. The number of ether oxygens (including phenoxy) is 1. The van der Waals surface area contributed by atoms with Crippen molar-refractivity contribution in [2.45, 2.75) is 33.3 Å². The Balaban J connectivity index is 3.25. The maximum atomic E-state index is 13.1. The predicted molar refractivity (Wildman–Crippen MR) is 71.4 cm³/mol. The highest BCUT2D eigenvalue weighted by atomic mass is 35.5. The van der Waals surface area contributed by atoms with Crippen molar-refractivity contribution in [2.24, 2.45) is 5.41 Å². The molecule has 0 aliphatic carbocycles. The van der Waals surface area contributed by atoms with Gasteiger partial charge in [0.15, 0.2) is 0 Å².